The summed E-state index contributed by atoms with van der Waals surface area (Å²) < 4.78 is 17.6. The number of nitrogens with one attached hydrogen (secondary N) is 1. The molecule has 1 aliphatic heterocycles. The van der Waals surface area contributed by atoms with E-state index in [2.05, 4.69) is 5.32 Å². The number of amides is 2. The number of rotatable bonds is 6. The fourth-order valence-corrected chi connectivity index (χ4v) is 3.50. The molecule has 1 fully saturated rings. The van der Waals surface area contributed by atoms with Crippen LogP contribution in [-0.4, -0.2) is 53.2 Å². The first-order chi connectivity index (χ1) is 10.7. The van der Waals surface area contributed by atoms with Gasteiger partial charge in [-0.1, -0.05) is 18.2 Å². The highest BCUT2D eigenvalue weighted by atomic mass is 32.2. The molecular weight excluding hydrogens is 300 g/mol. The lowest BCUT2D eigenvalue weighted by molar-refractivity contribution is 0.0221. The van der Waals surface area contributed by atoms with Gasteiger partial charge in [-0.05, 0) is 31.9 Å². The van der Waals surface area contributed by atoms with E-state index >= 15 is 0 Å². The fraction of sp³-hybridized carbons (Fsp3) is 0.562. The van der Waals surface area contributed by atoms with Crippen molar-refractivity contribution in [2.75, 3.05) is 32.0 Å². The average molecular weight is 324 g/mol. The summed E-state index contributed by atoms with van der Waals surface area (Å²) >= 11 is 0. The van der Waals surface area contributed by atoms with E-state index in [1.807, 2.05) is 37.3 Å². The zero-order valence-corrected chi connectivity index (χ0v) is 13.8. The lowest BCUT2D eigenvalue weighted by Crippen LogP contribution is -2.46. The lowest BCUT2D eigenvalue weighted by atomic mass is 10.1. The highest BCUT2D eigenvalue weighted by Crippen LogP contribution is 2.13. The summed E-state index contributed by atoms with van der Waals surface area (Å²) in [4.78, 5) is 14.7. The van der Waals surface area contributed by atoms with Gasteiger partial charge in [0.05, 0.1) is 16.9 Å². The normalized spacial score (nSPS) is 17.2. The third-order valence-electron chi connectivity index (χ3n) is 3.70. The number of ether oxygens (including phenoxy) is 1. The van der Waals surface area contributed by atoms with Crippen LogP contribution >= 0.6 is 0 Å². The summed E-state index contributed by atoms with van der Waals surface area (Å²) in [7, 11) is -1.07. The Balaban J connectivity index is 1.67. The van der Waals surface area contributed by atoms with Gasteiger partial charge in [0.1, 0.15) is 0 Å². The second-order valence-electron chi connectivity index (χ2n) is 5.24. The van der Waals surface area contributed by atoms with Gasteiger partial charge < -0.3 is 15.0 Å². The number of carbonyl (C=O) groups excluding carboxylic acids is 1. The maximum atomic E-state index is 12.1. The molecule has 5 nitrogen and oxygen atoms in total. The first-order valence-corrected chi connectivity index (χ1v) is 9.10. The van der Waals surface area contributed by atoms with E-state index in [0.717, 1.165) is 37.4 Å². The number of nitrogens with zero attached hydrogens (tertiary/aromatic N) is 1. The van der Waals surface area contributed by atoms with Gasteiger partial charge in [0.2, 0.25) is 0 Å². The van der Waals surface area contributed by atoms with Crippen LogP contribution in [0.5, 0.6) is 0 Å². The van der Waals surface area contributed by atoms with Crippen molar-refractivity contribution in [3.8, 4) is 0 Å². The molecule has 0 unspecified atom stereocenters. The Morgan fingerprint density at radius 1 is 1.32 bits per heavy atom. The smallest absolute Gasteiger partial charge is 0.317 e. The van der Waals surface area contributed by atoms with Gasteiger partial charge in [-0.3, -0.25) is 4.21 Å². The van der Waals surface area contributed by atoms with Gasteiger partial charge in [-0.15, -0.1) is 0 Å². The predicted molar refractivity (Wildman–Crippen MR) is 87.3 cm³/mol. The Labute approximate surface area is 134 Å². The molecule has 0 aliphatic carbocycles. The van der Waals surface area contributed by atoms with Crippen LogP contribution in [0.1, 0.15) is 19.8 Å². The van der Waals surface area contributed by atoms with Gasteiger partial charge in [-0.25, -0.2) is 4.79 Å². The van der Waals surface area contributed by atoms with E-state index in [1.54, 1.807) is 4.90 Å². The molecule has 1 atom stereocenters. The third-order valence-corrected chi connectivity index (χ3v) is 5.07. The van der Waals surface area contributed by atoms with Crippen LogP contribution in [0.4, 0.5) is 4.79 Å². The quantitative estimate of drug-likeness (QED) is 0.871. The van der Waals surface area contributed by atoms with Gasteiger partial charge in [-0.2, -0.15) is 0 Å². The van der Waals surface area contributed by atoms with Crippen molar-refractivity contribution in [1.29, 1.82) is 0 Å². The standard InChI is InChI=1S/C16H24N2O3S/c1-2-21-14-8-11-18(12-9-14)16(19)17-10-13-22(20)15-6-4-3-5-7-15/h3-7,14H,2,8-13H2,1H3,(H,17,19)/t22-/m1/s1. The molecule has 0 spiro atoms. The summed E-state index contributed by atoms with van der Waals surface area (Å²) in [5.41, 5.74) is 0. The zero-order valence-electron chi connectivity index (χ0n) is 13.0. The Hall–Kier alpha value is -1.40. The fourth-order valence-electron chi connectivity index (χ4n) is 2.51. The van der Waals surface area contributed by atoms with Crippen molar-refractivity contribution in [2.24, 2.45) is 0 Å². The zero-order chi connectivity index (χ0) is 15.8. The second-order valence-corrected chi connectivity index (χ2v) is 6.81. The van der Waals surface area contributed by atoms with Crippen molar-refractivity contribution < 1.29 is 13.7 Å². The molecule has 1 heterocycles. The van der Waals surface area contributed by atoms with E-state index < -0.39 is 10.8 Å². The summed E-state index contributed by atoms with van der Waals surface area (Å²) in [6, 6.07) is 9.25. The molecule has 122 valence electrons. The van der Waals surface area contributed by atoms with Gasteiger partial charge >= 0.3 is 6.03 Å². The number of likely N-dealkylation sites (tertiary alicyclic amines) is 1. The van der Waals surface area contributed by atoms with Gasteiger partial charge in [0, 0.05) is 36.9 Å². The van der Waals surface area contributed by atoms with E-state index in [4.69, 9.17) is 4.74 Å². The minimum Gasteiger partial charge on any atom is -0.378 e. The Morgan fingerprint density at radius 3 is 2.64 bits per heavy atom. The van der Waals surface area contributed by atoms with E-state index in [9.17, 15) is 9.00 Å². The SMILES string of the molecule is CCOC1CCN(C(=O)NCC[S@@](=O)c2ccccc2)CC1. The lowest BCUT2D eigenvalue weighted by Gasteiger charge is -2.31. The molecule has 6 heteroatoms. The van der Waals surface area contributed by atoms with Crippen LogP contribution in [0.3, 0.4) is 0 Å². The van der Waals surface area contributed by atoms with E-state index in [-0.39, 0.29) is 12.1 Å². The summed E-state index contributed by atoms with van der Waals surface area (Å²) in [5, 5.41) is 2.85. The summed E-state index contributed by atoms with van der Waals surface area (Å²) in [5.74, 6) is 0.436. The Morgan fingerprint density at radius 2 is 2.00 bits per heavy atom. The average Bonchev–Trinajstić information content (AvgIpc) is 2.56. The molecule has 1 aromatic carbocycles. The van der Waals surface area contributed by atoms with Crippen LogP contribution in [0.2, 0.25) is 0 Å². The van der Waals surface area contributed by atoms with Crippen LogP contribution < -0.4 is 5.32 Å². The van der Waals surface area contributed by atoms with Crippen LogP contribution in [-0.2, 0) is 15.5 Å². The predicted octanol–water partition coefficient (Wildman–Crippen LogP) is 2.00. The third kappa shape index (κ3) is 5.10. The summed E-state index contributed by atoms with van der Waals surface area (Å²) in [6.45, 7) is 4.58. The molecule has 0 saturated carbocycles. The number of carbonyl (C=O) groups is 1. The molecule has 1 N–H and O–H groups in total. The van der Waals surface area contributed by atoms with Crippen molar-refractivity contribution in [1.82, 2.24) is 10.2 Å². The number of urea groups is 1. The molecule has 2 amide bonds. The minimum atomic E-state index is -1.07. The molecule has 0 aromatic heterocycles. The largest absolute Gasteiger partial charge is 0.378 e. The molecule has 1 aromatic rings. The number of piperidine rings is 1. The molecule has 22 heavy (non-hydrogen) atoms. The first-order valence-electron chi connectivity index (χ1n) is 7.78. The Bertz CT molecular complexity index is 487. The van der Waals surface area contributed by atoms with Crippen molar-refractivity contribution >= 4 is 16.8 Å². The summed E-state index contributed by atoms with van der Waals surface area (Å²) in [6.07, 6.45) is 2.05. The highest BCUT2D eigenvalue weighted by Gasteiger charge is 2.22. The van der Waals surface area contributed by atoms with E-state index in [0.29, 0.717) is 12.3 Å². The van der Waals surface area contributed by atoms with Crippen LogP contribution in [0.15, 0.2) is 35.2 Å². The minimum absolute atomic E-state index is 0.0694. The molecule has 0 radical (unpaired) electrons. The maximum Gasteiger partial charge on any atom is 0.317 e. The number of hydrogen-bond acceptors (Lipinski definition) is 3. The van der Waals surface area contributed by atoms with Crippen molar-refractivity contribution in [3.63, 3.8) is 0 Å². The second kappa shape index (κ2) is 8.90. The molecule has 1 aliphatic rings. The van der Waals surface area contributed by atoms with Gasteiger partial charge in [0.15, 0.2) is 0 Å². The number of hydrogen-bond donors (Lipinski definition) is 1. The van der Waals surface area contributed by atoms with E-state index in [1.165, 1.54) is 0 Å². The van der Waals surface area contributed by atoms with Crippen LogP contribution in [0.25, 0.3) is 0 Å². The molecule has 2 rings (SSSR count). The van der Waals surface area contributed by atoms with Crippen molar-refractivity contribution in [3.05, 3.63) is 30.3 Å². The molecule has 0 bridgehead atoms. The highest BCUT2D eigenvalue weighted by molar-refractivity contribution is 7.85. The van der Waals surface area contributed by atoms with Gasteiger partial charge in [0.25, 0.3) is 0 Å². The maximum absolute atomic E-state index is 12.1. The Kier molecular flexibility index (Phi) is 6.86. The van der Waals surface area contributed by atoms with Crippen molar-refractivity contribution in [2.45, 2.75) is 30.8 Å². The molecule has 1 saturated heterocycles. The molecular formula is C16H24N2O3S. The van der Waals surface area contributed by atoms with Crippen LogP contribution in [0, 0.1) is 0 Å². The number of benzene rings is 1. The monoisotopic (exact) mass is 324 g/mol. The topological polar surface area (TPSA) is 58.6 Å². The first kappa shape index (κ1) is 17.0.